The fraction of sp³-hybridized carbons (Fsp3) is 0.412. The number of hydrogen-bond acceptors (Lipinski definition) is 4. The van der Waals surface area contributed by atoms with Gasteiger partial charge in [0.2, 0.25) is 0 Å². The van der Waals surface area contributed by atoms with E-state index in [1.54, 1.807) is 11.3 Å². The molecule has 1 unspecified atom stereocenters. The Morgan fingerprint density at radius 2 is 2.27 bits per heavy atom. The van der Waals surface area contributed by atoms with Gasteiger partial charge in [0.15, 0.2) is 11.5 Å². The van der Waals surface area contributed by atoms with Gasteiger partial charge in [0, 0.05) is 23.7 Å². The van der Waals surface area contributed by atoms with Gasteiger partial charge >= 0.3 is 0 Å². The summed E-state index contributed by atoms with van der Waals surface area (Å²) in [6.07, 6.45) is 5.69. The monoisotopic (exact) mass is 312 g/mol. The molecule has 0 aliphatic carbocycles. The number of imidazole rings is 1. The van der Waals surface area contributed by atoms with Crippen LogP contribution in [0.1, 0.15) is 24.1 Å². The molecule has 4 heterocycles. The number of piperidine rings is 1. The van der Waals surface area contributed by atoms with Crippen molar-refractivity contribution in [1.29, 1.82) is 0 Å². The van der Waals surface area contributed by atoms with Gasteiger partial charge in [-0.1, -0.05) is 6.42 Å². The molecule has 4 rings (SSSR count). The van der Waals surface area contributed by atoms with Gasteiger partial charge in [0.05, 0.1) is 4.88 Å². The van der Waals surface area contributed by atoms with E-state index in [1.807, 2.05) is 12.3 Å². The molecular formula is C17H20N4S. The molecular weight excluding hydrogens is 292 g/mol. The normalized spacial score (nSPS) is 18.9. The van der Waals surface area contributed by atoms with Crippen LogP contribution in [0.3, 0.4) is 0 Å². The van der Waals surface area contributed by atoms with Crippen molar-refractivity contribution in [2.45, 2.75) is 38.8 Å². The zero-order valence-electron chi connectivity index (χ0n) is 12.7. The lowest BCUT2D eigenvalue weighted by Gasteiger charge is -2.24. The Labute approximate surface area is 134 Å². The molecule has 1 aliphatic heterocycles. The van der Waals surface area contributed by atoms with Crippen LogP contribution in [0.2, 0.25) is 0 Å². The minimum Gasteiger partial charge on any atom is -0.312 e. The molecule has 0 radical (unpaired) electrons. The van der Waals surface area contributed by atoms with Crippen molar-refractivity contribution >= 4 is 22.5 Å². The number of rotatable bonds is 3. The second kappa shape index (κ2) is 5.82. The lowest BCUT2D eigenvalue weighted by Crippen LogP contribution is -2.37. The maximum Gasteiger partial charge on any atom is 0.160 e. The number of aryl methyl sites for hydroxylation is 1. The molecule has 0 saturated carbocycles. The van der Waals surface area contributed by atoms with Crippen LogP contribution in [-0.4, -0.2) is 27.1 Å². The smallest absolute Gasteiger partial charge is 0.160 e. The maximum absolute atomic E-state index is 4.84. The van der Waals surface area contributed by atoms with E-state index in [1.165, 1.54) is 29.0 Å². The summed E-state index contributed by atoms with van der Waals surface area (Å²) >= 11 is 1.80. The molecule has 22 heavy (non-hydrogen) atoms. The molecule has 5 heteroatoms. The minimum absolute atomic E-state index is 0.521. The van der Waals surface area contributed by atoms with E-state index < -0.39 is 0 Å². The third-order valence-corrected chi connectivity index (χ3v) is 5.28. The van der Waals surface area contributed by atoms with Crippen LogP contribution in [0.15, 0.2) is 30.5 Å². The fourth-order valence-electron chi connectivity index (χ4n) is 3.17. The number of thiophene rings is 1. The second-order valence-corrected chi connectivity index (χ2v) is 7.24. The van der Waals surface area contributed by atoms with Crippen molar-refractivity contribution in [3.63, 3.8) is 0 Å². The van der Waals surface area contributed by atoms with Crippen molar-refractivity contribution in [3.05, 3.63) is 35.3 Å². The Balaban J connectivity index is 1.79. The average Bonchev–Trinajstić information content (AvgIpc) is 3.13. The molecule has 3 aromatic rings. The zero-order chi connectivity index (χ0) is 14.9. The molecule has 3 aromatic heterocycles. The molecule has 1 saturated heterocycles. The maximum atomic E-state index is 4.84. The summed E-state index contributed by atoms with van der Waals surface area (Å²) < 4.78 is 2.30. The second-order valence-electron chi connectivity index (χ2n) is 5.95. The number of aromatic nitrogens is 3. The summed E-state index contributed by atoms with van der Waals surface area (Å²) in [5.74, 6) is 1.05. The van der Waals surface area contributed by atoms with Crippen LogP contribution in [0.4, 0.5) is 0 Å². The fourth-order valence-corrected chi connectivity index (χ4v) is 4.04. The topological polar surface area (TPSA) is 42.7 Å². The Morgan fingerprint density at radius 1 is 1.32 bits per heavy atom. The van der Waals surface area contributed by atoms with Crippen LogP contribution in [0, 0.1) is 6.92 Å². The Kier molecular flexibility index (Phi) is 3.68. The molecule has 1 fully saturated rings. The van der Waals surface area contributed by atoms with Crippen molar-refractivity contribution in [2.24, 2.45) is 0 Å². The first-order valence-electron chi connectivity index (χ1n) is 7.93. The first kappa shape index (κ1) is 13.9. The average molecular weight is 312 g/mol. The van der Waals surface area contributed by atoms with Gasteiger partial charge in [-0.3, -0.25) is 0 Å². The van der Waals surface area contributed by atoms with Gasteiger partial charge in [-0.2, -0.15) is 0 Å². The first-order chi connectivity index (χ1) is 10.8. The molecule has 1 N–H and O–H groups in total. The lowest BCUT2D eigenvalue weighted by molar-refractivity contribution is 0.366. The highest BCUT2D eigenvalue weighted by atomic mass is 32.1. The molecule has 0 aromatic carbocycles. The zero-order valence-corrected chi connectivity index (χ0v) is 13.6. The van der Waals surface area contributed by atoms with E-state index >= 15 is 0 Å². The Morgan fingerprint density at radius 3 is 3.05 bits per heavy atom. The van der Waals surface area contributed by atoms with E-state index in [4.69, 9.17) is 4.98 Å². The van der Waals surface area contributed by atoms with E-state index in [-0.39, 0.29) is 0 Å². The summed E-state index contributed by atoms with van der Waals surface area (Å²) in [7, 11) is 0. The first-order valence-corrected chi connectivity index (χ1v) is 8.74. The van der Waals surface area contributed by atoms with Crippen LogP contribution in [-0.2, 0) is 6.54 Å². The molecule has 114 valence electrons. The number of pyridine rings is 1. The summed E-state index contributed by atoms with van der Waals surface area (Å²) in [5.41, 5.74) is 1.98. The number of hydrogen-bond donors (Lipinski definition) is 1. The van der Waals surface area contributed by atoms with Gasteiger partial charge < -0.3 is 9.88 Å². The molecule has 1 aliphatic rings. The van der Waals surface area contributed by atoms with Crippen molar-refractivity contribution in [1.82, 2.24) is 19.9 Å². The minimum atomic E-state index is 0.521. The number of fused-ring (bicyclic) bond motifs is 1. The lowest BCUT2D eigenvalue weighted by atomic mass is 10.1. The highest BCUT2D eigenvalue weighted by Crippen LogP contribution is 2.30. The van der Waals surface area contributed by atoms with Gasteiger partial charge in [-0.05, 0) is 50.6 Å². The van der Waals surface area contributed by atoms with Gasteiger partial charge in [0.1, 0.15) is 5.52 Å². The SMILES string of the molecule is Cc1ccc(-c2nc3cccnc3n2CC2CCCCN2)s1. The van der Waals surface area contributed by atoms with Crippen LogP contribution >= 0.6 is 11.3 Å². The van der Waals surface area contributed by atoms with E-state index in [9.17, 15) is 0 Å². The largest absolute Gasteiger partial charge is 0.312 e. The van der Waals surface area contributed by atoms with Gasteiger partial charge in [-0.25, -0.2) is 9.97 Å². The molecule has 4 nitrogen and oxygen atoms in total. The van der Waals surface area contributed by atoms with Crippen LogP contribution in [0.5, 0.6) is 0 Å². The molecule has 0 bridgehead atoms. The van der Waals surface area contributed by atoms with Crippen LogP contribution in [0.25, 0.3) is 21.9 Å². The Bertz CT molecular complexity index is 783. The summed E-state index contributed by atoms with van der Waals surface area (Å²) in [6.45, 7) is 4.21. The summed E-state index contributed by atoms with van der Waals surface area (Å²) in [4.78, 5) is 12.0. The van der Waals surface area contributed by atoms with Crippen molar-refractivity contribution in [2.75, 3.05) is 6.54 Å². The van der Waals surface area contributed by atoms with E-state index in [0.717, 1.165) is 30.1 Å². The summed E-state index contributed by atoms with van der Waals surface area (Å²) in [6, 6.07) is 8.87. The third kappa shape index (κ3) is 2.55. The standard InChI is InChI=1S/C17H20N4S/c1-12-7-8-15(22-12)17-20-14-6-4-10-19-16(14)21(17)11-13-5-2-3-9-18-13/h4,6-8,10,13,18H,2-3,5,9,11H2,1H3. The molecule has 0 amide bonds. The van der Waals surface area contributed by atoms with E-state index in [2.05, 4.69) is 40.0 Å². The predicted molar refractivity (Wildman–Crippen MR) is 91.2 cm³/mol. The highest BCUT2D eigenvalue weighted by molar-refractivity contribution is 7.15. The van der Waals surface area contributed by atoms with Crippen molar-refractivity contribution < 1.29 is 0 Å². The van der Waals surface area contributed by atoms with Gasteiger partial charge in [-0.15, -0.1) is 11.3 Å². The Hall–Kier alpha value is -1.72. The molecule has 0 spiro atoms. The predicted octanol–water partition coefficient (Wildman–Crippen LogP) is 3.61. The number of nitrogens with one attached hydrogen (secondary N) is 1. The quantitative estimate of drug-likeness (QED) is 0.803. The third-order valence-electron chi connectivity index (χ3n) is 4.28. The number of nitrogens with zero attached hydrogens (tertiary/aromatic N) is 3. The molecule has 1 atom stereocenters. The van der Waals surface area contributed by atoms with Crippen LogP contribution < -0.4 is 5.32 Å². The van der Waals surface area contributed by atoms with Gasteiger partial charge in [0.25, 0.3) is 0 Å². The van der Waals surface area contributed by atoms with Crippen molar-refractivity contribution in [3.8, 4) is 10.7 Å². The van der Waals surface area contributed by atoms with E-state index in [0.29, 0.717) is 6.04 Å². The highest BCUT2D eigenvalue weighted by Gasteiger charge is 2.19. The summed E-state index contributed by atoms with van der Waals surface area (Å²) in [5, 5.41) is 3.63.